The van der Waals surface area contributed by atoms with E-state index in [9.17, 15) is 25.6 Å². The van der Waals surface area contributed by atoms with Gasteiger partial charge >= 0.3 is 0 Å². The van der Waals surface area contributed by atoms with E-state index in [0.29, 0.717) is 43.1 Å². The number of ether oxygens (including phenoxy) is 2. The summed E-state index contributed by atoms with van der Waals surface area (Å²) in [5.41, 5.74) is 1.21. The molecule has 0 bridgehead atoms. The molecule has 0 amide bonds. The van der Waals surface area contributed by atoms with E-state index >= 15 is 0 Å². The van der Waals surface area contributed by atoms with Crippen molar-refractivity contribution in [3.63, 3.8) is 0 Å². The summed E-state index contributed by atoms with van der Waals surface area (Å²) in [6.45, 7) is 1.77. The predicted molar refractivity (Wildman–Crippen MR) is 155 cm³/mol. The number of hydrogen-bond donors (Lipinski definition) is 1. The minimum atomic E-state index is -4.00. The summed E-state index contributed by atoms with van der Waals surface area (Å²) in [7, 11) is -5.27. The summed E-state index contributed by atoms with van der Waals surface area (Å²) in [5, 5.41) is 4.96. The van der Waals surface area contributed by atoms with E-state index in [4.69, 9.17) is 14.6 Å². The number of sulfonamides is 2. The summed E-state index contributed by atoms with van der Waals surface area (Å²) in [5.74, 6) is -1.41. The van der Waals surface area contributed by atoms with E-state index in [1.54, 1.807) is 30.3 Å². The minimum Gasteiger partial charge on any atom is -0.494 e. The molecular formula is C25H28F2N8O6S2. The Labute approximate surface area is 246 Å². The van der Waals surface area contributed by atoms with Gasteiger partial charge in [-0.05, 0) is 36.4 Å². The highest BCUT2D eigenvalue weighted by atomic mass is 32.2. The second-order valence-corrected chi connectivity index (χ2v) is 13.3. The van der Waals surface area contributed by atoms with Gasteiger partial charge in [0.15, 0.2) is 11.6 Å². The Balaban J connectivity index is 1.59. The fourth-order valence-electron chi connectivity index (χ4n) is 4.44. The third-order valence-electron chi connectivity index (χ3n) is 6.73. The normalized spacial score (nSPS) is 14.4. The molecule has 1 fully saturated rings. The molecule has 3 heterocycles. The van der Waals surface area contributed by atoms with Crippen LogP contribution < -0.4 is 19.1 Å². The quantitative estimate of drug-likeness (QED) is 0.268. The van der Waals surface area contributed by atoms with Gasteiger partial charge in [0, 0.05) is 25.7 Å². The second-order valence-electron chi connectivity index (χ2n) is 9.49. The summed E-state index contributed by atoms with van der Waals surface area (Å²) in [6, 6.07) is 11.0. The maximum atomic E-state index is 14.3. The van der Waals surface area contributed by atoms with E-state index in [0.717, 1.165) is 8.87 Å². The van der Waals surface area contributed by atoms with Gasteiger partial charge in [-0.1, -0.05) is 6.07 Å². The number of alkyl halides is 2. The number of nitrogens with zero attached hydrogens (tertiary/aromatic N) is 7. The molecule has 43 heavy (non-hydrogen) atoms. The van der Waals surface area contributed by atoms with Crippen LogP contribution in [0, 0.1) is 0 Å². The zero-order valence-corrected chi connectivity index (χ0v) is 24.7. The van der Waals surface area contributed by atoms with Crippen molar-refractivity contribution < 1.29 is 35.1 Å². The van der Waals surface area contributed by atoms with Crippen LogP contribution in [-0.4, -0.2) is 93.3 Å². The molecule has 1 aliphatic heterocycles. The number of nitrogens with two attached hydrogens (primary N) is 1. The van der Waals surface area contributed by atoms with Crippen LogP contribution in [0.1, 0.15) is 12.2 Å². The molecule has 0 radical (unpaired) electrons. The van der Waals surface area contributed by atoms with Crippen LogP contribution in [0.4, 0.5) is 20.4 Å². The van der Waals surface area contributed by atoms with Gasteiger partial charge in [0.25, 0.3) is 6.43 Å². The fraction of sp³-hybridized carbons (Fsp3) is 0.360. The third-order valence-corrected chi connectivity index (χ3v) is 9.52. The number of rotatable bonds is 10. The van der Waals surface area contributed by atoms with Crippen molar-refractivity contribution in [3.05, 3.63) is 48.3 Å². The maximum Gasteiger partial charge on any atom is 0.296 e. The molecule has 4 aromatic rings. The molecule has 5 rings (SSSR count). The maximum absolute atomic E-state index is 14.3. The molecule has 0 aliphatic carbocycles. The Morgan fingerprint density at radius 3 is 2.28 bits per heavy atom. The van der Waals surface area contributed by atoms with E-state index in [1.165, 1.54) is 26.3 Å². The summed E-state index contributed by atoms with van der Waals surface area (Å²) in [4.78, 5) is 19.6. The number of anilines is 2. The number of para-hydroxylation sites is 1. The van der Waals surface area contributed by atoms with Crippen LogP contribution >= 0.6 is 0 Å². The highest BCUT2D eigenvalue weighted by Gasteiger charge is 2.26. The zero-order chi connectivity index (χ0) is 30.9. The molecule has 18 heteroatoms. The monoisotopic (exact) mass is 638 g/mol. The minimum absolute atomic E-state index is 0.0932. The Morgan fingerprint density at radius 2 is 1.65 bits per heavy atom. The van der Waals surface area contributed by atoms with Crippen LogP contribution in [0.3, 0.4) is 0 Å². The SMILES string of the molecule is COc1cccc2c1nc(C(F)F)n2-c1nc(-c2ccc(N(C)S(=O)(=O)CCS(N)(=O)=O)cc2)nc(N2CCOCC2)n1. The number of primary sulfonamides is 1. The van der Waals surface area contributed by atoms with E-state index in [1.807, 2.05) is 4.90 Å². The van der Waals surface area contributed by atoms with Gasteiger partial charge in [-0.3, -0.25) is 8.87 Å². The Morgan fingerprint density at radius 1 is 0.977 bits per heavy atom. The zero-order valence-electron chi connectivity index (χ0n) is 23.1. The molecule has 0 atom stereocenters. The van der Waals surface area contributed by atoms with Crippen LogP contribution in [0.25, 0.3) is 28.4 Å². The van der Waals surface area contributed by atoms with Crippen molar-refractivity contribution in [2.24, 2.45) is 5.14 Å². The first kappa shape index (κ1) is 30.5. The topological polar surface area (TPSA) is 176 Å². The molecule has 0 unspecified atom stereocenters. The molecule has 2 aromatic carbocycles. The average Bonchev–Trinajstić information content (AvgIpc) is 3.40. The van der Waals surface area contributed by atoms with Crippen molar-refractivity contribution in [1.29, 1.82) is 0 Å². The molecule has 0 spiro atoms. The first-order chi connectivity index (χ1) is 20.4. The first-order valence-corrected chi connectivity index (χ1v) is 16.2. The van der Waals surface area contributed by atoms with E-state index in [2.05, 4.69) is 19.9 Å². The second kappa shape index (κ2) is 11.9. The standard InChI is InChI=1S/C25H28F2N8O6S2/c1-33(43(38,39)15-14-42(28,36)37)17-8-6-16(7-9-17)22-30-24(34-10-12-41-13-11-34)32-25(31-22)35-18-4-3-5-19(40-2)20(18)29-23(35)21(26)27/h3-9,21H,10-15H2,1-2H3,(H2,28,36,37). The molecule has 230 valence electrons. The van der Waals surface area contributed by atoms with Gasteiger partial charge in [-0.25, -0.2) is 35.7 Å². The van der Waals surface area contributed by atoms with Crippen molar-refractivity contribution in [1.82, 2.24) is 24.5 Å². The average molecular weight is 639 g/mol. The fourth-order valence-corrected chi connectivity index (χ4v) is 6.93. The Hall–Kier alpha value is -4.00. The van der Waals surface area contributed by atoms with Crippen LogP contribution in [0.5, 0.6) is 5.75 Å². The number of aromatic nitrogens is 5. The van der Waals surface area contributed by atoms with E-state index in [-0.39, 0.29) is 28.9 Å². The number of benzene rings is 2. The molecule has 0 saturated carbocycles. The van der Waals surface area contributed by atoms with Gasteiger partial charge in [0.2, 0.25) is 31.9 Å². The number of fused-ring (bicyclic) bond motifs is 1. The molecule has 1 saturated heterocycles. The van der Waals surface area contributed by atoms with Gasteiger partial charge < -0.3 is 14.4 Å². The first-order valence-electron chi connectivity index (χ1n) is 12.9. The molecule has 2 aromatic heterocycles. The van der Waals surface area contributed by atoms with Crippen molar-refractivity contribution >= 4 is 42.7 Å². The number of morpholine rings is 1. The smallest absolute Gasteiger partial charge is 0.296 e. The number of hydrogen-bond acceptors (Lipinski definition) is 11. The Kier molecular flexibility index (Phi) is 8.46. The molecule has 1 aliphatic rings. The largest absolute Gasteiger partial charge is 0.494 e. The van der Waals surface area contributed by atoms with E-state index < -0.39 is 43.8 Å². The lowest BCUT2D eigenvalue weighted by Gasteiger charge is -2.27. The molecule has 14 nitrogen and oxygen atoms in total. The number of methoxy groups -OCH3 is 1. The summed E-state index contributed by atoms with van der Waals surface area (Å²) < 4.78 is 89.3. The lowest BCUT2D eigenvalue weighted by Crippen LogP contribution is -2.37. The van der Waals surface area contributed by atoms with Crippen molar-refractivity contribution in [2.75, 3.05) is 61.2 Å². The van der Waals surface area contributed by atoms with Crippen LogP contribution in [0.2, 0.25) is 0 Å². The van der Waals surface area contributed by atoms with Crippen molar-refractivity contribution in [2.45, 2.75) is 6.43 Å². The number of imidazole rings is 1. The third kappa shape index (κ3) is 6.51. The highest BCUT2D eigenvalue weighted by Crippen LogP contribution is 2.33. The van der Waals surface area contributed by atoms with Gasteiger partial charge in [-0.15, -0.1) is 0 Å². The van der Waals surface area contributed by atoms with Crippen LogP contribution in [0.15, 0.2) is 42.5 Å². The summed E-state index contributed by atoms with van der Waals surface area (Å²) >= 11 is 0. The summed E-state index contributed by atoms with van der Waals surface area (Å²) in [6.07, 6.45) is -2.96. The highest BCUT2D eigenvalue weighted by molar-refractivity contribution is 7.95. The molecular weight excluding hydrogens is 610 g/mol. The van der Waals surface area contributed by atoms with Gasteiger partial charge in [0.1, 0.15) is 11.3 Å². The predicted octanol–water partition coefficient (Wildman–Crippen LogP) is 1.71. The molecule has 2 N–H and O–H groups in total. The lowest BCUT2D eigenvalue weighted by atomic mass is 10.2. The van der Waals surface area contributed by atoms with Crippen LogP contribution in [-0.2, 0) is 24.8 Å². The number of halogens is 2. The van der Waals surface area contributed by atoms with Gasteiger partial charge in [-0.2, -0.15) is 15.0 Å². The lowest BCUT2D eigenvalue weighted by molar-refractivity contribution is 0.122. The van der Waals surface area contributed by atoms with Crippen molar-refractivity contribution in [3.8, 4) is 23.1 Å². The Bertz CT molecular complexity index is 1850. The van der Waals surface area contributed by atoms with Gasteiger partial charge in [0.05, 0.1) is 43.0 Å².